The highest BCUT2D eigenvalue weighted by molar-refractivity contribution is 6.30. The molecule has 1 amide bonds. The van der Waals surface area contributed by atoms with Crippen LogP contribution in [0.2, 0.25) is 5.02 Å². The Bertz CT molecular complexity index is 983. The van der Waals surface area contributed by atoms with E-state index in [0.717, 1.165) is 44.5 Å². The van der Waals surface area contributed by atoms with Gasteiger partial charge in [-0.3, -0.25) is 9.69 Å². The Labute approximate surface area is 195 Å². The number of nitrogens with one attached hydrogen (secondary N) is 1. The fraction of sp³-hybridized carbons (Fsp3) is 0.458. The van der Waals surface area contributed by atoms with Gasteiger partial charge < -0.3 is 19.5 Å². The molecule has 9 heteroatoms. The predicted molar refractivity (Wildman–Crippen MR) is 118 cm³/mol. The predicted octanol–water partition coefficient (Wildman–Crippen LogP) is 4.26. The number of nitrogens with zero attached hydrogens (tertiary/aromatic N) is 1. The molecule has 2 aromatic carbocycles. The number of carbonyl (C=O) groups excluding carboxylic acids is 1. The minimum absolute atomic E-state index is 0.0451. The number of halogens is 3. The van der Waals surface area contributed by atoms with Crippen molar-refractivity contribution in [2.75, 3.05) is 19.7 Å². The molecule has 0 spiro atoms. The number of hydrogen-bond acceptors (Lipinski definition) is 5. The van der Waals surface area contributed by atoms with E-state index < -0.39 is 6.61 Å². The standard InChI is InChI=1S/C24H25ClF2N2O4/c25-16-1-3-18(4-2-16)32-20-9-10-29(11-20)24-13-23(14-24,15-24)28-21(30)12-31-17-5-7-19(8-6-17)33-22(26)27/h1-8,20,22H,9-15H2,(H,28,30). The van der Waals surface area contributed by atoms with E-state index in [1.165, 1.54) is 24.3 Å². The van der Waals surface area contributed by atoms with Gasteiger partial charge in [0.05, 0.1) is 0 Å². The molecule has 4 aliphatic rings. The van der Waals surface area contributed by atoms with Crippen molar-refractivity contribution in [1.29, 1.82) is 0 Å². The fourth-order valence-electron chi connectivity index (χ4n) is 5.36. The third-order valence-corrected chi connectivity index (χ3v) is 7.01. The molecule has 6 rings (SSSR count). The smallest absolute Gasteiger partial charge is 0.387 e. The number of benzene rings is 2. The molecule has 33 heavy (non-hydrogen) atoms. The van der Waals surface area contributed by atoms with Crippen LogP contribution >= 0.6 is 11.6 Å². The monoisotopic (exact) mass is 478 g/mol. The lowest BCUT2D eigenvalue weighted by Crippen LogP contribution is -2.83. The topological polar surface area (TPSA) is 60.0 Å². The number of amides is 1. The summed E-state index contributed by atoms with van der Waals surface area (Å²) in [4.78, 5) is 14.9. The van der Waals surface area contributed by atoms with Gasteiger partial charge in [-0.25, -0.2) is 0 Å². The summed E-state index contributed by atoms with van der Waals surface area (Å²) < 4.78 is 40.3. The average Bonchev–Trinajstić information content (AvgIpc) is 3.18. The number of hydrogen-bond donors (Lipinski definition) is 1. The van der Waals surface area contributed by atoms with Crippen molar-refractivity contribution in [2.45, 2.75) is 49.5 Å². The van der Waals surface area contributed by atoms with Gasteiger partial charge in [-0.05, 0) is 74.2 Å². The van der Waals surface area contributed by atoms with Gasteiger partial charge >= 0.3 is 6.61 Å². The lowest BCUT2D eigenvalue weighted by molar-refractivity contribution is -0.179. The van der Waals surface area contributed by atoms with Crippen LogP contribution in [0.3, 0.4) is 0 Å². The maximum Gasteiger partial charge on any atom is 0.387 e. The van der Waals surface area contributed by atoms with E-state index in [2.05, 4.69) is 15.0 Å². The summed E-state index contributed by atoms with van der Waals surface area (Å²) in [6, 6.07) is 13.2. The van der Waals surface area contributed by atoms with Gasteiger partial charge in [-0.2, -0.15) is 8.78 Å². The number of likely N-dealkylation sites (tertiary alicyclic amines) is 1. The molecule has 2 bridgehead atoms. The second-order valence-electron chi connectivity index (χ2n) is 9.15. The van der Waals surface area contributed by atoms with E-state index in [4.69, 9.17) is 21.1 Å². The molecule has 3 saturated carbocycles. The molecule has 0 radical (unpaired) electrons. The quantitative estimate of drug-likeness (QED) is 0.583. The molecular formula is C24H25ClF2N2O4. The Balaban J connectivity index is 1.04. The Morgan fingerprint density at radius 2 is 1.70 bits per heavy atom. The SMILES string of the molecule is O=C(COc1ccc(OC(F)F)cc1)NC12CC(N3CCC(Oc4ccc(Cl)cc4)C3)(C1)C2. The largest absolute Gasteiger partial charge is 0.489 e. The fourth-order valence-corrected chi connectivity index (χ4v) is 5.49. The lowest BCUT2D eigenvalue weighted by Gasteiger charge is -2.73. The van der Waals surface area contributed by atoms with Gasteiger partial charge in [-0.1, -0.05) is 11.6 Å². The van der Waals surface area contributed by atoms with Crippen LogP contribution in [-0.2, 0) is 4.79 Å². The van der Waals surface area contributed by atoms with Gasteiger partial charge in [0, 0.05) is 29.2 Å². The molecular weight excluding hydrogens is 454 g/mol. The van der Waals surface area contributed by atoms with Crippen LogP contribution in [0.1, 0.15) is 25.7 Å². The summed E-state index contributed by atoms with van der Waals surface area (Å²) in [7, 11) is 0. The molecule has 6 nitrogen and oxygen atoms in total. The van der Waals surface area contributed by atoms with Crippen LogP contribution in [0.4, 0.5) is 8.78 Å². The average molecular weight is 479 g/mol. The molecule has 4 fully saturated rings. The third kappa shape index (κ3) is 4.73. The van der Waals surface area contributed by atoms with Crippen molar-refractivity contribution in [2.24, 2.45) is 0 Å². The molecule has 1 aliphatic heterocycles. The van der Waals surface area contributed by atoms with Gasteiger partial charge in [0.25, 0.3) is 5.91 Å². The minimum atomic E-state index is -2.87. The van der Waals surface area contributed by atoms with E-state index in [-0.39, 0.29) is 35.4 Å². The van der Waals surface area contributed by atoms with Crippen molar-refractivity contribution in [3.63, 3.8) is 0 Å². The number of carbonyl (C=O) groups is 1. The highest BCUT2D eigenvalue weighted by Gasteiger charge is 2.71. The summed E-state index contributed by atoms with van der Waals surface area (Å²) in [5.74, 6) is 1.12. The van der Waals surface area contributed by atoms with E-state index >= 15 is 0 Å². The Hall–Kier alpha value is -2.58. The number of ether oxygens (including phenoxy) is 3. The van der Waals surface area contributed by atoms with Crippen molar-refractivity contribution in [3.05, 3.63) is 53.6 Å². The number of alkyl halides is 2. The van der Waals surface area contributed by atoms with Crippen LogP contribution in [0, 0.1) is 0 Å². The maximum absolute atomic E-state index is 12.4. The molecule has 2 aromatic rings. The van der Waals surface area contributed by atoms with Gasteiger partial charge in [0.15, 0.2) is 6.61 Å². The van der Waals surface area contributed by atoms with E-state index in [1.807, 2.05) is 24.3 Å². The molecule has 176 valence electrons. The van der Waals surface area contributed by atoms with E-state index in [0.29, 0.717) is 10.8 Å². The summed E-state index contributed by atoms with van der Waals surface area (Å²) in [6.45, 7) is -1.11. The summed E-state index contributed by atoms with van der Waals surface area (Å²) >= 11 is 5.93. The van der Waals surface area contributed by atoms with Crippen molar-refractivity contribution in [1.82, 2.24) is 10.2 Å². The Morgan fingerprint density at radius 3 is 2.36 bits per heavy atom. The maximum atomic E-state index is 12.4. The van der Waals surface area contributed by atoms with Gasteiger partial charge in [0.1, 0.15) is 23.4 Å². The molecule has 1 unspecified atom stereocenters. The summed E-state index contributed by atoms with van der Waals surface area (Å²) in [5.41, 5.74) is 0.0390. The molecule has 3 aliphatic carbocycles. The van der Waals surface area contributed by atoms with Crippen molar-refractivity contribution in [3.8, 4) is 17.2 Å². The van der Waals surface area contributed by atoms with Crippen LogP contribution in [-0.4, -0.2) is 54.3 Å². The van der Waals surface area contributed by atoms with E-state index in [9.17, 15) is 13.6 Å². The second-order valence-corrected chi connectivity index (χ2v) is 9.59. The first-order valence-corrected chi connectivity index (χ1v) is 11.4. The highest BCUT2D eigenvalue weighted by Crippen LogP contribution is 2.64. The summed E-state index contributed by atoms with van der Waals surface area (Å²) in [6.07, 6.45) is 3.98. The van der Waals surface area contributed by atoms with Gasteiger partial charge in [0.2, 0.25) is 0 Å². The van der Waals surface area contributed by atoms with Crippen LogP contribution < -0.4 is 19.5 Å². The van der Waals surface area contributed by atoms with Crippen LogP contribution in [0.15, 0.2) is 48.5 Å². The second kappa shape index (κ2) is 8.65. The first-order chi connectivity index (χ1) is 15.8. The molecule has 1 atom stereocenters. The number of rotatable bonds is 9. The first-order valence-electron chi connectivity index (χ1n) is 11.0. The summed E-state index contributed by atoms with van der Waals surface area (Å²) in [5, 5.41) is 3.81. The van der Waals surface area contributed by atoms with Crippen LogP contribution in [0.5, 0.6) is 17.2 Å². The minimum Gasteiger partial charge on any atom is -0.489 e. The highest BCUT2D eigenvalue weighted by atomic mass is 35.5. The van der Waals surface area contributed by atoms with E-state index in [1.54, 1.807) is 0 Å². The first kappa shape index (κ1) is 22.2. The zero-order valence-electron chi connectivity index (χ0n) is 17.9. The zero-order chi connectivity index (χ0) is 23.1. The normalized spacial score (nSPS) is 28.1. The zero-order valence-corrected chi connectivity index (χ0v) is 18.7. The Kier molecular flexibility index (Phi) is 5.82. The van der Waals surface area contributed by atoms with Gasteiger partial charge in [-0.15, -0.1) is 0 Å². The van der Waals surface area contributed by atoms with Crippen molar-refractivity contribution >= 4 is 17.5 Å². The third-order valence-electron chi connectivity index (χ3n) is 6.76. The Morgan fingerprint density at radius 1 is 1.06 bits per heavy atom. The molecule has 0 aromatic heterocycles. The van der Waals surface area contributed by atoms with Crippen LogP contribution in [0.25, 0.3) is 0 Å². The lowest BCUT2D eigenvalue weighted by atomic mass is 9.43. The molecule has 1 saturated heterocycles. The van der Waals surface area contributed by atoms with Crippen molar-refractivity contribution < 1.29 is 27.8 Å². The molecule has 1 N–H and O–H groups in total. The molecule has 1 heterocycles.